The summed E-state index contributed by atoms with van der Waals surface area (Å²) in [4.78, 5) is 12.6. The van der Waals surface area contributed by atoms with Gasteiger partial charge in [0.15, 0.2) is 0 Å². The Labute approximate surface area is 210 Å². The van der Waals surface area contributed by atoms with Crippen molar-refractivity contribution in [1.82, 2.24) is 9.97 Å². The minimum atomic E-state index is -0.750. The van der Waals surface area contributed by atoms with Crippen LogP contribution in [0.5, 0.6) is 17.4 Å². The fourth-order valence-electron chi connectivity index (χ4n) is 3.92. The molecule has 3 aromatic rings. The number of pyridine rings is 1. The Morgan fingerprint density at radius 2 is 2.03 bits per heavy atom. The largest absolute Gasteiger partial charge is 0.488 e. The van der Waals surface area contributed by atoms with Gasteiger partial charge in [0.05, 0.1) is 31.0 Å². The van der Waals surface area contributed by atoms with E-state index in [4.69, 9.17) is 22.6 Å². The summed E-state index contributed by atoms with van der Waals surface area (Å²) in [6, 6.07) is 9.87. The number of benzene rings is 1. The van der Waals surface area contributed by atoms with Crippen molar-refractivity contribution in [3.05, 3.63) is 47.8 Å². The third-order valence-electron chi connectivity index (χ3n) is 5.63. The molecule has 2 aliphatic rings. The Balaban J connectivity index is 0.000000917. The first-order valence-corrected chi connectivity index (χ1v) is 12.9. The molecule has 1 aromatic carbocycles. The van der Waals surface area contributed by atoms with Gasteiger partial charge in [0.25, 0.3) is 0 Å². The first-order valence-electron chi connectivity index (χ1n) is 11.4. The lowest BCUT2D eigenvalue weighted by Gasteiger charge is -2.23. The number of fused-ring (bicyclic) bond motifs is 1. The van der Waals surface area contributed by atoms with Gasteiger partial charge in [-0.15, -0.1) is 0 Å². The van der Waals surface area contributed by atoms with E-state index in [2.05, 4.69) is 21.0 Å². The van der Waals surface area contributed by atoms with E-state index in [1.54, 1.807) is 18.0 Å². The molecule has 11 heteroatoms. The number of nitrogens with zero attached hydrogens (tertiary/aromatic N) is 2. The number of nitrogens with one attached hydrogen (secondary N) is 1. The fraction of sp³-hybridized carbons (Fsp3) is 0.417. The lowest BCUT2D eigenvalue weighted by Crippen LogP contribution is -2.25. The molecule has 5 rings (SSSR count). The highest BCUT2D eigenvalue weighted by Gasteiger charge is 2.23. The van der Waals surface area contributed by atoms with E-state index < -0.39 is 11.6 Å². The molecule has 0 saturated carbocycles. The van der Waals surface area contributed by atoms with Crippen LogP contribution in [0.4, 0.5) is 0 Å². The van der Waals surface area contributed by atoms with Gasteiger partial charge in [-0.05, 0) is 31.0 Å². The molecule has 1 saturated heterocycles. The first-order chi connectivity index (χ1) is 17.1. The van der Waals surface area contributed by atoms with Crippen molar-refractivity contribution < 1.29 is 27.7 Å². The molecule has 1 atom stereocenters. The van der Waals surface area contributed by atoms with E-state index in [1.165, 1.54) is 0 Å². The van der Waals surface area contributed by atoms with Crippen molar-refractivity contribution in [2.45, 2.75) is 37.5 Å². The predicted molar refractivity (Wildman–Crippen MR) is 135 cm³/mol. The maximum Gasteiger partial charge on any atom is 0.335 e. The smallest absolute Gasteiger partial charge is 0.335 e. The quantitative estimate of drug-likeness (QED) is 0.485. The monoisotopic (exact) mass is 517 g/mol. The van der Waals surface area contributed by atoms with Crippen LogP contribution in [0.1, 0.15) is 30.5 Å². The lowest BCUT2D eigenvalue weighted by atomic mass is 10.1. The number of thioether (sulfide) groups is 1. The van der Waals surface area contributed by atoms with Crippen molar-refractivity contribution in [3.8, 4) is 17.4 Å². The van der Waals surface area contributed by atoms with Gasteiger partial charge in [0.1, 0.15) is 22.6 Å². The summed E-state index contributed by atoms with van der Waals surface area (Å²) in [6.45, 7) is 4.34. The van der Waals surface area contributed by atoms with E-state index in [1.807, 2.05) is 31.2 Å². The SMILES string of the molecule is Cc1ccc(Oc2cc(OC3CCOCC3)c3[nH]c(C4=NCC(CCO)S4)cc3c2)nc1.O=S=O. The van der Waals surface area contributed by atoms with Crippen LogP contribution >= 0.6 is 11.8 Å². The molecule has 0 aliphatic carbocycles. The van der Waals surface area contributed by atoms with Crippen LogP contribution in [0.15, 0.2) is 41.5 Å². The number of hydrogen-bond acceptors (Lipinski definition) is 9. The average Bonchev–Trinajstić information content (AvgIpc) is 3.49. The zero-order valence-electron chi connectivity index (χ0n) is 19.3. The topological polar surface area (TPSA) is 123 Å². The van der Waals surface area contributed by atoms with Crippen molar-refractivity contribution in [2.24, 2.45) is 4.99 Å². The predicted octanol–water partition coefficient (Wildman–Crippen LogP) is 3.80. The molecular formula is C24H27N3O6S2. The number of aryl methyl sites for hydroxylation is 1. The van der Waals surface area contributed by atoms with Gasteiger partial charge < -0.3 is 24.3 Å². The number of ether oxygens (including phenoxy) is 3. The zero-order valence-corrected chi connectivity index (χ0v) is 20.9. The number of aliphatic imine (C=N–C) groups is 1. The average molecular weight is 518 g/mol. The van der Waals surface area contributed by atoms with E-state index in [-0.39, 0.29) is 12.7 Å². The van der Waals surface area contributed by atoms with Crippen LogP contribution in [0.2, 0.25) is 0 Å². The number of aliphatic hydroxyl groups excluding tert-OH is 1. The number of aromatic amines is 1. The highest BCUT2D eigenvalue weighted by molar-refractivity contribution is 8.15. The molecule has 9 nitrogen and oxygen atoms in total. The van der Waals surface area contributed by atoms with Crippen molar-refractivity contribution >= 4 is 39.3 Å². The molecule has 0 radical (unpaired) electrons. The van der Waals surface area contributed by atoms with Gasteiger partial charge in [-0.2, -0.15) is 8.42 Å². The fourth-order valence-corrected chi connectivity index (χ4v) is 4.99. The highest BCUT2D eigenvalue weighted by atomic mass is 32.2. The number of aromatic nitrogens is 2. The molecule has 2 N–H and O–H groups in total. The Morgan fingerprint density at radius 3 is 2.74 bits per heavy atom. The highest BCUT2D eigenvalue weighted by Crippen LogP contribution is 2.37. The van der Waals surface area contributed by atoms with Gasteiger partial charge in [-0.25, -0.2) is 4.98 Å². The van der Waals surface area contributed by atoms with E-state index in [9.17, 15) is 5.11 Å². The second-order valence-electron chi connectivity index (χ2n) is 8.24. The minimum Gasteiger partial charge on any atom is -0.488 e. The maximum atomic E-state index is 9.24. The van der Waals surface area contributed by atoms with Crippen LogP contribution in [-0.2, 0) is 16.3 Å². The van der Waals surface area contributed by atoms with Crippen LogP contribution in [0.3, 0.4) is 0 Å². The molecule has 4 heterocycles. The third-order valence-corrected chi connectivity index (χ3v) is 6.92. The standard InChI is InChI=1S/C24H27N3O4S.O2S/c1-15-2-3-22(25-13-15)31-18-10-16-11-20(24-26-14-19(32-24)4-7-28)27-23(16)21(12-18)30-17-5-8-29-9-6-17;1-3-2/h2-3,10-13,17,19,27-28H,4-9,14H2,1H3;. The summed E-state index contributed by atoms with van der Waals surface area (Å²) in [5, 5.41) is 11.5. The maximum absolute atomic E-state index is 9.24. The molecule has 1 unspecified atom stereocenters. The van der Waals surface area contributed by atoms with Crippen molar-refractivity contribution in [1.29, 1.82) is 0 Å². The van der Waals surface area contributed by atoms with Crippen molar-refractivity contribution in [2.75, 3.05) is 26.4 Å². The van der Waals surface area contributed by atoms with Gasteiger partial charge in [-0.3, -0.25) is 4.99 Å². The molecule has 0 spiro atoms. The number of aliphatic hydroxyl groups is 1. The summed E-state index contributed by atoms with van der Waals surface area (Å²) < 4.78 is 34.5. The van der Waals surface area contributed by atoms with Crippen LogP contribution in [-0.4, -0.2) is 66.3 Å². The Morgan fingerprint density at radius 1 is 1.23 bits per heavy atom. The molecule has 2 aliphatic heterocycles. The van der Waals surface area contributed by atoms with Crippen molar-refractivity contribution in [3.63, 3.8) is 0 Å². The molecule has 0 amide bonds. The van der Waals surface area contributed by atoms with Crippen LogP contribution < -0.4 is 9.47 Å². The summed E-state index contributed by atoms with van der Waals surface area (Å²) in [5.74, 6) is 1.99. The molecule has 0 bridgehead atoms. The summed E-state index contributed by atoms with van der Waals surface area (Å²) >= 11 is 0.963. The summed E-state index contributed by atoms with van der Waals surface area (Å²) in [5.41, 5.74) is 2.98. The third kappa shape index (κ3) is 6.69. The second-order valence-corrected chi connectivity index (χ2v) is 9.67. The molecule has 2 aromatic heterocycles. The Bertz CT molecular complexity index is 1200. The molecule has 1 fully saturated rings. The van der Waals surface area contributed by atoms with Gasteiger partial charge in [-0.1, -0.05) is 17.8 Å². The number of rotatable bonds is 7. The molecule has 186 valence electrons. The zero-order chi connectivity index (χ0) is 24.6. The normalized spacial score (nSPS) is 18.0. The second kappa shape index (κ2) is 12.3. The van der Waals surface area contributed by atoms with Gasteiger partial charge >= 0.3 is 11.6 Å². The van der Waals surface area contributed by atoms with E-state index in [0.29, 0.717) is 30.1 Å². The summed E-state index contributed by atoms with van der Waals surface area (Å²) in [7, 11) is 0. The van der Waals surface area contributed by atoms with E-state index in [0.717, 1.165) is 58.8 Å². The Hall–Kier alpha value is -2.73. The first kappa shape index (κ1) is 25.4. The van der Waals surface area contributed by atoms with Gasteiger partial charge in [0, 0.05) is 48.4 Å². The molecule has 35 heavy (non-hydrogen) atoms. The Kier molecular flexibility index (Phi) is 8.91. The van der Waals surface area contributed by atoms with E-state index >= 15 is 0 Å². The number of H-pyrrole nitrogens is 1. The van der Waals surface area contributed by atoms with Crippen LogP contribution in [0, 0.1) is 6.92 Å². The summed E-state index contributed by atoms with van der Waals surface area (Å²) in [6.07, 6.45) is 4.38. The minimum absolute atomic E-state index is 0.110. The molecular weight excluding hydrogens is 490 g/mol. The lowest BCUT2D eigenvalue weighted by molar-refractivity contribution is 0.0260. The number of hydrogen-bond donors (Lipinski definition) is 2. The van der Waals surface area contributed by atoms with Gasteiger partial charge in [0.2, 0.25) is 5.88 Å². The van der Waals surface area contributed by atoms with Crippen LogP contribution in [0.25, 0.3) is 10.9 Å².